The Bertz CT molecular complexity index is 1460. The standard InChI is InChI=1S/C23H18FN5O4/c24-14-8-9-17(27-22(32)18-7-3-4-11-25-18)19(13-14)26-20(30)10-12-29-23(33)16-6-2-1-5-15(16)21(31)28-29/h1-9,11,13H,10,12H2,(H,26,30)(H,27,32)(H,28,31). The topological polar surface area (TPSA) is 126 Å². The van der Waals surface area contributed by atoms with E-state index in [4.69, 9.17) is 0 Å². The number of hydrogen-bond acceptors (Lipinski definition) is 5. The van der Waals surface area contributed by atoms with Gasteiger partial charge in [-0.1, -0.05) is 18.2 Å². The highest BCUT2D eigenvalue weighted by Crippen LogP contribution is 2.23. The Morgan fingerprint density at radius 1 is 0.939 bits per heavy atom. The van der Waals surface area contributed by atoms with Gasteiger partial charge in [-0.3, -0.25) is 29.3 Å². The molecule has 0 atom stereocenters. The van der Waals surface area contributed by atoms with Gasteiger partial charge in [0.2, 0.25) is 5.91 Å². The first-order chi connectivity index (χ1) is 15.9. The molecule has 0 saturated heterocycles. The van der Waals surface area contributed by atoms with Crippen molar-refractivity contribution in [2.24, 2.45) is 0 Å². The number of amides is 2. The maximum atomic E-state index is 13.8. The van der Waals surface area contributed by atoms with E-state index in [9.17, 15) is 23.6 Å². The zero-order valence-electron chi connectivity index (χ0n) is 17.2. The predicted octanol–water partition coefficient (Wildman–Crippen LogP) is 2.51. The molecule has 0 aliphatic heterocycles. The second kappa shape index (κ2) is 9.27. The lowest BCUT2D eigenvalue weighted by atomic mass is 10.2. The van der Waals surface area contributed by atoms with Crippen molar-refractivity contribution in [3.63, 3.8) is 0 Å². The average molecular weight is 447 g/mol. The summed E-state index contributed by atoms with van der Waals surface area (Å²) < 4.78 is 14.8. The van der Waals surface area contributed by atoms with Crippen molar-refractivity contribution in [2.75, 3.05) is 10.6 Å². The number of nitrogens with one attached hydrogen (secondary N) is 3. The lowest BCUT2D eigenvalue weighted by molar-refractivity contribution is -0.116. The van der Waals surface area contributed by atoms with Crippen LogP contribution in [0.3, 0.4) is 0 Å². The summed E-state index contributed by atoms with van der Waals surface area (Å²) in [6, 6.07) is 14.7. The predicted molar refractivity (Wildman–Crippen MR) is 121 cm³/mol. The van der Waals surface area contributed by atoms with Crippen molar-refractivity contribution in [3.05, 3.63) is 99.1 Å². The maximum absolute atomic E-state index is 13.8. The van der Waals surface area contributed by atoms with Gasteiger partial charge in [-0.05, 0) is 42.5 Å². The normalized spacial score (nSPS) is 10.7. The van der Waals surface area contributed by atoms with Gasteiger partial charge >= 0.3 is 0 Å². The Balaban J connectivity index is 1.49. The van der Waals surface area contributed by atoms with Crippen molar-refractivity contribution in [3.8, 4) is 0 Å². The third kappa shape index (κ3) is 4.85. The van der Waals surface area contributed by atoms with Crippen LogP contribution in [-0.4, -0.2) is 26.6 Å². The molecule has 0 fully saturated rings. The minimum atomic E-state index is -0.615. The Labute approximate surface area is 185 Å². The summed E-state index contributed by atoms with van der Waals surface area (Å²) in [7, 11) is 0. The number of anilines is 2. The summed E-state index contributed by atoms with van der Waals surface area (Å²) >= 11 is 0. The van der Waals surface area contributed by atoms with Crippen LogP contribution in [0.2, 0.25) is 0 Å². The summed E-state index contributed by atoms with van der Waals surface area (Å²) in [5.74, 6) is -1.69. The molecule has 4 aromatic rings. The number of pyridine rings is 1. The van der Waals surface area contributed by atoms with Crippen molar-refractivity contribution in [1.29, 1.82) is 0 Å². The van der Waals surface area contributed by atoms with E-state index < -0.39 is 28.8 Å². The van der Waals surface area contributed by atoms with Gasteiger partial charge in [0, 0.05) is 12.6 Å². The van der Waals surface area contributed by atoms with Gasteiger partial charge in [-0.15, -0.1) is 0 Å². The number of nitrogens with zero attached hydrogens (tertiary/aromatic N) is 2. The minimum absolute atomic E-state index is 0.0450. The largest absolute Gasteiger partial charge is 0.324 e. The highest BCUT2D eigenvalue weighted by atomic mass is 19.1. The monoisotopic (exact) mass is 447 g/mol. The molecule has 2 aromatic heterocycles. The first-order valence-electron chi connectivity index (χ1n) is 9.96. The lowest BCUT2D eigenvalue weighted by Crippen LogP contribution is -2.31. The molecular formula is C23H18FN5O4. The highest BCUT2D eigenvalue weighted by Gasteiger charge is 2.14. The second-order valence-corrected chi connectivity index (χ2v) is 7.10. The number of carbonyl (C=O) groups is 2. The van der Waals surface area contributed by atoms with Crippen LogP contribution in [0.4, 0.5) is 15.8 Å². The third-order valence-electron chi connectivity index (χ3n) is 4.85. The van der Waals surface area contributed by atoms with Crippen LogP contribution in [0.15, 0.2) is 76.4 Å². The molecule has 2 amide bonds. The molecular weight excluding hydrogens is 429 g/mol. The number of aromatic nitrogens is 3. The number of H-pyrrole nitrogens is 1. The fourth-order valence-electron chi connectivity index (χ4n) is 3.24. The van der Waals surface area contributed by atoms with Crippen molar-refractivity contribution >= 4 is 34.0 Å². The number of benzene rings is 2. The molecule has 10 heteroatoms. The number of aryl methyl sites for hydroxylation is 1. The third-order valence-corrected chi connectivity index (χ3v) is 4.85. The number of rotatable bonds is 6. The molecule has 33 heavy (non-hydrogen) atoms. The number of carbonyl (C=O) groups excluding carboxylic acids is 2. The molecule has 0 unspecified atom stereocenters. The molecule has 0 spiro atoms. The molecule has 0 bridgehead atoms. The number of fused-ring (bicyclic) bond motifs is 1. The van der Waals surface area contributed by atoms with Gasteiger partial charge < -0.3 is 10.6 Å². The van der Waals surface area contributed by atoms with Gasteiger partial charge in [0.15, 0.2) is 0 Å². The molecule has 0 radical (unpaired) electrons. The Hall–Kier alpha value is -4.60. The van der Waals surface area contributed by atoms with Crippen LogP contribution < -0.4 is 21.8 Å². The van der Waals surface area contributed by atoms with E-state index in [2.05, 4.69) is 20.7 Å². The fourth-order valence-corrected chi connectivity index (χ4v) is 3.24. The molecule has 0 aliphatic rings. The SMILES string of the molecule is O=C(CCn1[nH]c(=O)c2ccccc2c1=O)Nc1cc(F)ccc1NC(=O)c1ccccn1. The molecule has 166 valence electrons. The smallest absolute Gasteiger partial charge is 0.274 e. The fraction of sp³-hybridized carbons (Fsp3) is 0.0870. The molecule has 2 aromatic carbocycles. The first kappa shape index (κ1) is 21.6. The molecule has 3 N–H and O–H groups in total. The van der Waals surface area contributed by atoms with Gasteiger partial charge in [0.1, 0.15) is 11.5 Å². The highest BCUT2D eigenvalue weighted by molar-refractivity contribution is 6.06. The van der Waals surface area contributed by atoms with E-state index >= 15 is 0 Å². The summed E-state index contributed by atoms with van der Waals surface area (Å²) in [5.41, 5.74) is -0.513. The van der Waals surface area contributed by atoms with Gasteiger partial charge in [-0.25, -0.2) is 9.07 Å². The van der Waals surface area contributed by atoms with Crippen LogP contribution >= 0.6 is 0 Å². The van der Waals surface area contributed by atoms with Crippen molar-refractivity contribution in [2.45, 2.75) is 13.0 Å². The van der Waals surface area contributed by atoms with Crippen LogP contribution in [0.5, 0.6) is 0 Å². The van der Waals surface area contributed by atoms with E-state index in [0.29, 0.717) is 0 Å². The Morgan fingerprint density at radius 2 is 1.70 bits per heavy atom. The van der Waals surface area contributed by atoms with Gasteiger partial charge in [-0.2, -0.15) is 0 Å². The van der Waals surface area contributed by atoms with Crippen molar-refractivity contribution in [1.82, 2.24) is 14.8 Å². The number of aromatic amines is 1. The summed E-state index contributed by atoms with van der Waals surface area (Å²) in [5, 5.41) is 8.06. The average Bonchev–Trinajstić information content (AvgIpc) is 2.82. The number of halogens is 1. The molecule has 0 aliphatic carbocycles. The van der Waals surface area contributed by atoms with Gasteiger partial charge in [0.25, 0.3) is 17.0 Å². The van der Waals surface area contributed by atoms with E-state index in [-0.39, 0.29) is 40.8 Å². The van der Waals surface area contributed by atoms with Crippen molar-refractivity contribution < 1.29 is 14.0 Å². The quantitative estimate of drug-likeness (QED) is 0.419. The van der Waals surface area contributed by atoms with Gasteiger partial charge in [0.05, 0.1) is 28.7 Å². The summed E-state index contributed by atoms with van der Waals surface area (Å²) in [4.78, 5) is 53.6. The summed E-state index contributed by atoms with van der Waals surface area (Å²) in [6.45, 7) is -0.102. The molecule has 2 heterocycles. The Kier molecular flexibility index (Phi) is 6.07. The Morgan fingerprint density at radius 3 is 2.45 bits per heavy atom. The van der Waals surface area contributed by atoms with Crippen LogP contribution in [0.1, 0.15) is 16.9 Å². The zero-order valence-corrected chi connectivity index (χ0v) is 17.2. The van der Waals surface area contributed by atoms with Crippen LogP contribution in [0.25, 0.3) is 10.8 Å². The summed E-state index contributed by atoms with van der Waals surface area (Å²) in [6.07, 6.45) is 1.28. The number of hydrogen-bond donors (Lipinski definition) is 3. The van der Waals surface area contributed by atoms with Crippen LogP contribution in [0, 0.1) is 5.82 Å². The van der Waals surface area contributed by atoms with E-state index in [1.54, 1.807) is 24.3 Å². The van der Waals surface area contributed by atoms with E-state index in [1.807, 2.05) is 0 Å². The molecule has 4 rings (SSSR count). The zero-order chi connectivity index (χ0) is 23.4. The van der Waals surface area contributed by atoms with Crippen LogP contribution in [-0.2, 0) is 11.3 Å². The van der Waals surface area contributed by atoms with E-state index in [0.717, 1.165) is 16.8 Å². The lowest BCUT2D eigenvalue weighted by Gasteiger charge is -2.13. The first-order valence-corrected chi connectivity index (χ1v) is 9.96. The second-order valence-electron chi connectivity index (χ2n) is 7.10. The maximum Gasteiger partial charge on any atom is 0.274 e. The molecule has 0 saturated carbocycles. The molecule has 9 nitrogen and oxygen atoms in total. The minimum Gasteiger partial charge on any atom is -0.324 e. The van der Waals surface area contributed by atoms with E-state index in [1.165, 1.54) is 30.5 Å².